The van der Waals surface area contributed by atoms with Gasteiger partial charge in [0.05, 0.1) is 11.7 Å². The number of nitrogens with zero attached hydrogens (tertiary/aromatic N) is 2. The zero-order chi connectivity index (χ0) is 20.2. The molecule has 1 unspecified atom stereocenters. The summed E-state index contributed by atoms with van der Waals surface area (Å²) in [5.74, 6) is 0.401. The van der Waals surface area contributed by atoms with Crippen LogP contribution in [0.15, 0.2) is 24.3 Å². The maximum atomic E-state index is 14.1. The van der Waals surface area contributed by atoms with Gasteiger partial charge in [-0.2, -0.15) is 0 Å². The van der Waals surface area contributed by atoms with Crippen molar-refractivity contribution in [2.45, 2.75) is 69.9 Å². The number of anilines is 1. The van der Waals surface area contributed by atoms with Crippen molar-refractivity contribution in [3.8, 4) is 0 Å². The van der Waals surface area contributed by atoms with Gasteiger partial charge in [-0.3, -0.25) is 14.5 Å². The second-order valence-electron chi connectivity index (χ2n) is 8.83. The minimum atomic E-state index is -0.346. The van der Waals surface area contributed by atoms with E-state index in [1.165, 1.54) is 38.2 Å². The summed E-state index contributed by atoms with van der Waals surface area (Å²) in [6.07, 6.45) is 9.35. The summed E-state index contributed by atoms with van der Waals surface area (Å²) in [5.41, 5.74) is 0.380. The van der Waals surface area contributed by atoms with Crippen LogP contribution in [0.5, 0.6) is 0 Å². The summed E-state index contributed by atoms with van der Waals surface area (Å²) >= 11 is 0. The first-order valence-electron chi connectivity index (χ1n) is 11.2. The smallest absolute Gasteiger partial charge is 0.244 e. The summed E-state index contributed by atoms with van der Waals surface area (Å²) in [6, 6.07) is 6.52. The number of nitrogens with one attached hydrogen (secondary N) is 1. The summed E-state index contributed by atoms with van der Waals surface area (Å²) in [4.78, 5) is 29.1. The Kier molecular flexibility index (Phi) is 6.48. The maximum absolute atomic E-state index is 14.1. The molecule has 1 aromatic rings. The van der Waals surface area contributed by atoms with Crippen LogP contribution in [0, 0.1) is 11.7 Å². The molecule has 158 valence electrons. The fourth-order valence-electron chi connectivity index (χ4n) is 5.21. The highest BCUT2D eigenvalue weighted by Crippen LogP contribution is 2.29. The molecule has 1 aliphatic carbocycles. The molecule has 0 aromatic heterocycles. The van der Waals surface area contributed by atoms with E-state index in [0.717, 1.165) is 32.4 Å². The third-order valence-corrected chi connectivity index (χ3v) is 6.85. The average molecular weight is 402 g/mol. The van der Waals surface area contributed by atoms with Crippen molar-refractivity contribution < 1.29 is 14.0 Å². The predicted octanol–water partition coefficient (Wildman–Crippen LogP) is 3.48. The van der Waals surface area contributed by atoms with Gasteiger partial charge in [0, 0.05) is 32.1 Å². The number of piperidine rings is 1. The molecule has 2 saturated heterocycles. The van der Waals surface area contributed by atoms with E-state index in [2.05, 4.69) is 10.2 Å². The first-order valence-corrected chi connectivity index (χ1v) is 11.2. The Labute approximate surface area is 172 Å². The number of para-hydroxylation sites is 1. The number of carbonyl (C=O) groups is 2. The number of halogens is 1. The van der Waals surface area contributed by atoms with Crippen molar-refractivity contribution in [1.29, 1.82) is 0 Å². The minimum Gasteiger partial charge on any atom is -0.353 e. The highest BCUT2D eigenvalue weighted by atomic mass is 19.1. The van der Waals surface area contributed by atoms with Crippen LogP contribution in [-0.4, -0.2) is 48.4 Å². The van der Waals surface area contributed by atoms with Gasteiger partial charge in [0.2, 0.25) is 11.8 Å². The summed E-state index contributed by atoms with van der Waals surface area (Å²) < 4.78 is 14.1. The number of likely N-dealkylation sites (tertiary alicyclic amines) is 1. The fourth-order valence-corrected chi connectivity index (χ4v) is 5.21. The van der Waals surface area contributed by atoms with E-state index >= 15 is 0 Å². The molecular weight excluding hydrogens is 369 g/mol. The summed E-state index contributed by atoms with van der Waals surface area (Å²) in [7, 11) is 0. The zero-order valence-electron chi connectivity index (χ0n) is 17.1. The Morgan fingerprint density at radius 1 is 1.00 bits per heavy atom. The quantitative estimate of drug-likeness (QED) is 0.822. The molecule has 0 spiro atoms. The molecule has 2 heterocycles. The monoisotopic (exact) mass is 401 g/mol. The lowest BCUT2D eigenvalue weighted by molar-refractivity contribution is -0.124. The molecule has 0 radical (unpaired) electrons. The van der Waals surface area contributed by atoms with Gasteiger partial charge in [-0.1, -0.05) is 31.4 Å². The molecule has 4 rings (SSSR count). The molecule has 0 bridgehead atoms. The van der Waals surface area contributed by atoms with E-state index in [9.17, 15) is 14.0 Å². The van der Waals surface area contributed by atoms with Crippen molar-refractivity contribution in [2.24, 2.45) is 5.92 Å². The lowest BCUT2D eigenvalue weighted by atomic mass is 9.86. The van der Waals surface area contributed by atoms with Gasteiger partial charge in [-0.25, -0.2) is 4.39 Å². The SMILES string of the molecule is O=C(CC1CCCCC1)NC1CCN(C2CCN(c3ccccc3F)C2=O)CC1. The number of rotatable bonds is 5. The molecule has 5 nitrogen and oxygen atoms in total. The second kappa shape index (κ2) is 9.24. The van der Waals surface area contributed by atoms with Crippen LogP contribution in [0.4, 0.5) is 10.1 Å². The van der Waals surface area contributed by atoms with Crippen LogP contribution < -0.4 is 10.2 Å². The highest BCUT2D eigenvalue weighted by Gasteiger charge is 2.38. The standard InChI is InChI=1S/C23H32FN3O2/c24-19-8-4-5-9-20(19)27-15-12-21(23(27)29)26-13-10-18(11-14-26)25-22(28)16-17-6-2-1-3-7-17/h4-5,8-9,17-18,21H,1-3,6-7,10-16H2,(H,25,28). The molecular formula is C23H32FN3O2. The average Bonchev–Trinajstić information content (AvgIpc) is 3.11. The van der Waals surface area contributed by atoms with Crippen molar-refractivity contribution in [3.63, 3.8) is 0 Å². The maximum Gasteiger partial charge on any atom is 0.244 e. The molecule has 1 aromatic carbocycles. The molecule has 1 N–H and O–H groups in total. The van der Waals surface area contributed by atoms with Gasteiger partial charge in [0.15, 0.2) is 0 Å². The number of carbonyl (C=O) groups excluding carboxylic acids is 2. The zero-order valence-corrected chi connectivity index (χ0v) is 17.1. The molecule has 2 amide bonds. The van der Waals surface area contributed by atoms with Crippen LogP contribution in [0.2, 0.25) is 0 Å². The van der Waals surface area contributed by atoms with Crippen molar-refractivity contribution in [1.82, 2.24) is 10.2 Å². The number of hydrogen-bond acceptors (Lipinski definition) is 3. The molecule has 6 heteroatoms. The van der Waals surface area contributed by atoms with Crippen LogP contribution in [0.3, 0.4) is 0 Å². The van der Waals surface area contributed by atoms with E-state index in [0.29, 0.717) is 24.6 Å². The van der Waals surface area contributed by atoms with Gasteiger partial charge in [0.1, 0.15) is 5.82 Å². The molecule has 29 heavy (non-hydrogen) atoms. The highest BCUT2D eigenvalue weighted by molar-refractivity contribution is 5.99. The van der Waals surface area contributed by atoms with E-state index in [1.54, 1.807) is 23.1 Å². The van der Waals surface area contributed by atoms with Crippen molar-refractivity contribution in [3.05, 3.63) is 30.1 Å². The Hall–Kier alpha value is -1.95. The van der Waals surface area contributed by atoms with E-state index < -0.39 is 0 Å². The Bertz CT molecular complexity index is 727. The minimum absolute atomic E-state index is 0.00474. The van der Waals surface area contributed by atoms with Crippen LogP contribution >= 0.6 is 0 Å². The predicted molar refractivity (Wildman–Crippen MR) is 111 cm³/mol. The van der Waals surface area contributed by atoms with E-state index in [-0.39, 0.29) is 29.7 Å². The topological polar surface area (TPSA) is 52.7 Å². The van der Waals surface area contributed by atoms with Crippen LogP contribution in [0.25, 0.3) is 0 Å². The lowest BCUT2D eigenvalue weighted by Gasteiger charge is -2.35. The largest absolute Gasteiger partial charge is 0.353 e. The summed E-state index contributed by atoms with van der Waals surface area (Å²) in [5, 5.41) is 3.22. The first kappa shape index (κ1) is 20.3. The summed E-state index contributed by atoms with van der Waals surface area (Å²) in [6.45, 7) is 2.16. The molecule has 3 fully saturated rings. The van der Waals surface area contributed by atoms with Gasteiger partial charge >= 0.3 is 0 Å². The Morgan fingerprint density at radius 2 is 1.72 bits per heavy atom. The normalized spacial score (nSPS) is 24.8. The van der Waals surface area contributed by atoms with Gasteiger partial charge in [-0.15, -0.1) is 0 Å². The first-order chi connectivity index (χ1) is 14.1. The van der Waals surface area contributed by atoms with Gasteiger partial charge < -0.3 is 10.2 Å². The fraction of sp³-hybridized carbons (Fsp3) is 0.652. The van der Waals surface area contributed by atoms with Crippen molar-refractivity contribution >= 4 is 17.5 Å². The molecule has 2 aliphatic heterocycles. The molecule has 1 atom stereocenters. The number of amides is 2. The molecule has 3 aliphatic rings. The second-order valence-corrected chi connectivity index (χ2v) is 8.83. The number of benzene rings is 1. The Morgan fingerprint density at radius 3 is 2.45 bits per heavy atom. The molecule has 1 saturated carbocycles. The Balaban J connectivity index is 1.25. The van der Waals surface area contributed by atoms with E-state index in [4.69, 9.17) is 0 Å². The lowest BCUT2D eigenvalue weighted by Crippen LogP contribution is -2.50. The van der Waals surface area contributed by atoms with Crippen LogP contribution in [0.1, 0.15) is 57.8 Å². The van der Waals surface area contributed by atoms with Gasteiger partial charge in [-0.05, 0) is 50.2 Å². The third-order valence-electron chi connectivity index (χ3n) is 6.85. The van der Waals surface area contributed by atoms with Gasteiger partial charge in [0.25, 0.3) is 0 Å². The van der Waals surface area contributed by atoms with E-state index in [1.807, 2.05) is 0 Å². The van der Waals surface area contributed by atoms with Crippen molar-refractivity contribution in [2.75, 3.05) is 24.5 Å². The number of hydrogen-bond donors (Lipinski definition) is 1. The third kappa shape index (κ3) is 4.80. The van der Waals surface area contributed by atoms with Crippen LogP contribution in [-0.2, 0) is 9.59 Å².